The molecule has 0 aliphatic rings. The van der Waals surface area contributed by atoms with E-state index in [9.17, 15) is 9.59 Å². The van der Waals surface area contributed by atoms with Crippen LogP contribution in [-0.2, 0) is 22.7 Å². The summed E-state index contributed by atoms with van der Waals surface area (Å²) in [7, 11) is 0. The zero-order valence-electron chi connectivity index (χ0n) is 12.9. The van der Waals surface area contributed by atoms with Crippen LogP contribution in [0.4, 0.5) is 0 Å². The van der Waals surface area contributed by atoms with Crippen molar-refractivity contribution < 1.29 is 9.59 Å². The number of primary amides is 1. The lowest BCUT2D eigenvalue weighted by Gasteiger charge is -2.22. The second-order valence-corrected chi connectivity index (χ2v) is 5.44. The van der Waals surface area contributed by atoms with Crippen molar-refractivity contribution >= 4 is 11.8 Å². The molecule has 0 aliphatic carbocycles. The second kappa shape index (κ2) is 6.89. The molecule has 0 aliphatic heterocycles. The Bertz CT molecular complexity index is 681. The molecule has 4 nitrogen and oxygen atoms in total. The van der Waals surface area contributed by atoms with Crippen LogP contribution in [0.3, 0.4) is 0 Å². The number of amides is 2. The van der Waals surface area contributed by atoms with E-state index in [2.05, 4.69) is 6.07 Å². The molecule has 0 saturated heterocycles. The van der Waals surface area contributed by atoms with Crippen molar-refractivity contribution in [2.75, 3.05) is 0 Å². The van der Waals surface area contributed by atoms with Crippen molar-refractivity contribution in [2.24, 2.45) is 5.73 Å². The minimum atomic E-state index is -0.930. The first-order valence-corrected chi connectivity index (χ1v) is 7.16. The van der Waals surface area contributed by atoms with E-state index in [1.807, 2.05) is 56.3 Å². The van der Waals surface area contributed by atoms with Crippen LogP contribution in [0.15, 0.2) is 48.5 Å². The van der Waals surface area contributed by atoms with Gasteiger partial charge in [0.2, 0.25) is 0 Å². The first-order chi connectivity index (χ1) is 10.5. The molecule has 0 bridgehead atoms. The lowest BCUT2D eigenvalue weighted by molar-refractivity contribution is -0.145. The van der Waals surface area contributed by atoms with Gasteiger partial charge in [0.25, 0.3) is 0 Å². The van der Waals surface area contributed by atoms with E-state index in [0.717, 1.165) is 22.3 Å². The first-order valence-electron chi connectivity index (χ1n) is 7.16. The number of rotatable bonds is 4. The second-order valence-electron chi connectivity index (χ2n) is 5.44. The average Bonchev–Trinajstić information content (AvgIpc) is 2.49. The fourth-order valence-electron chi connectivity index (χ4n) is 2.39. The van der Waals surface area contributed by atoms with Gasteiger partial charge in [-0.3, -0.25) is 9.59 Å². The molecule has 2 aromatic rings. The van der Waals surface area contributed by atoms with E-state index < -0.39 is 11.8 Å². The van der Waals surface area contributed by atoms with Gasteiger partial charge < -0.3 is 10.6 Å². The molecule has 0 spiro atoms. The molecule has 0 unspecified atom stereocenters. The van der Waals surface area contributed by atoms with Crippen LogP contribution >= 0.6 is 0 Å². The summed E-state index contributed by atoms with van der Waals surface area (Å²) in [4.78, 5) is 24.9. The number of carbonyl (C=O) groups excluding carboxylic acids is 2. The van der Waals surface area contributed by atoms with Crippen molar-refractivity contribution in [2.45, 2.75) is 26.9 Å². The molecule has 4 heteroatoms. The van der Waals surface area contributed by atoms with Crippen LogP contribution in [0, 0.1) is 13.8 Å². The molecule has 0 saturated carbocycles. The summed E-state index contributed by atoms with van der Waals surface area (Å²) in [6.07, 6.45) is 0. The zero-order chi connectivity index (χ0) is 16.1. The highest BCUT2D eigenvalue weighted by molar-refractivity contribution is 6.34. The summed E-state index contributed by atoms with van der Waals surface area (Å²) < 4.78 is 0. The van der Waals surface area contributed by atoms with Crippen LogP contribution in [0.2, 0.25) is 0 Å². The lowest BCUT2D eigenvalue weighted by atomic mass is 10.0. The normalized spacial score (nSPS) is 10.3. The number of nitrogens with two attached hydrogens (primary N) is 1. The van der Waals surface area contributed by atoms with Gasteiger partial charge in [-0.2, -0.15) is 0 Å². The molecular formula is C18H20N2O2. The van der Waals surface area contributed by atoms with E-state index in [-0.39, 0.29) is 0 Å². The number of hydrogen-bond acceptors (Lipinski definition) is 2. The van der Waals surface area contributed by atoms with Crippen molar-refractivity contribution in [1.82, 2.24) is 4.90 Å². The zero-order valence-corrected chi connectivity index (χ0v) is 12.9. The number of aryl methyl sites for hydroxylation is 2. The topological polar surface area (TPSA) is 63.4 Å². The minimum absolute atomic E-state index is 0.357. The lowest BCUT2D eigenvalue weighted by Crippen LogP contribution is -2.39. The highest BCUT2D eigenvalue weighted by atomic mass is 16.2. The smallest absolute Gasteiger partial charge is 0.312 e. The molecule has 0 radical (unpaired) electrons. The summed E-state index contributed by atoms with van der Waals surface area (Å²) in [6, 6.07) is 15.6. The molecule has 22 heavy (non-hydrogen) atoms. The van der Waals surface area contributed by atoms with Crippen LogP contribution in [0.25, 0.3) is 0 Å². The molecule has 114 valence electrons. The Balaban J connectivity index is 2.24. The summed E-state index contributed by atoms with van der Waals surface area (Å²) in [6.45, 7) is 4.74. The third-order valence-corrected chi connectivity index (χ3v) is 3.57. The first kappa shape index (κ1) is 15.8. The van der Waals surface area contributed by atoms with Gasteiger partial charge in [-0.15, -0.1) is 0 Å². The molecule has 0 heterocycles. The molecular weight excluding hydrogens is 276 g/mol. The number of benzene rings is 2. The molecule has 2 aromatic carbocycles. The Labute approximate surface area is 130 Å². The molecule has 0 aromatic heterocycles. The monoisotopic (exact) mass is 296 g/mol. The average molecular weight is 296 g/mol. The van der Waals surface area contributed by atoms with Gasteiger partial charge in [0.15, 0.2) is 0 Å². The highest BCUT2D eigenvalue weighted by Gasteiger charge is 2.20. The van der Waals surface area contributed by atoms with Crippen LogP contribution in [-0.4, -0.2) is 16.7 Å². The van der Waals surface area contributed by atoms with E-state index >= 15 is 0 Å². The van der Waals surface area contributed by atoms with Gasteiger partial charge in [0.1, 0.15) is 0 Å². The minimum Gasteiger partial charge on any atom is -0.361 e. The molecule has 2 rings (SSSR count). The molecule has 2 amide bonds. The fourth-order valence-corrected chi connectivity index (χ4v) is 2.39. The Morgan fingerprint density at radius 1 is 1.00 bits per heavy atom. The SMILES string of the molecule is Cc1ccc(CN(Cc2ccccc2)C(=O)C(N)=O)c(C)c1. The summed E-state index contributed by atoms with van der Waals surface area (Å²) in [5, 5.41) is 0. The van der Waals surface area contributed by atoms with E-state index in [1.165, 1.54) is 4.90 Å². The summed E-state index contributed by atoms with van der Waals surface area (Å²) in [5.74, 6) is -1.59. The van der Waals surface area contributed by atoms with Crippen molar-refractivity contribution in [3.63, 3.8) is 0 Å². The maximum Gasteiger partial charge on any atom is 0.312 e. The summed E-state index contributed by atoms with van der Waals surface area (Å²) in [5.41, 5.74) is 9.40. The van der Waals surface area contributed by atoms with Gasteiger partial charge in [0.05, 0.1) is 0 Å². The van der Waals surface area contributed by atoms with Gasteiger partial charge in [0, 0.05) is 13.1 Å². The Morgan fingerprint density at radius 2 is 1.68 bits per heavy atom. The van der Waals surface area contributed by atoms with E-state index in [0.29, 0.717) is 13.1 Å². The Hall–Kier alpha value is -2.62. The summed E-state index contributed by atoms with van der Waals surface area (Å²) >= 11 is 0. The highest BCUT2D eigenvalue weighted by Crippen LogP contribution is 2.15. The Kier molecular flexibility index (Phi) is 4.94. The van der Waals surface area contributed by atoms with Crippen LogP contribution in [0.1, 0.15) is 22.3 Å². The molecule has 0 atom stereocenters. The van der Waals surface area contributed by atoms with Crippen molar-refractivity contribution in [1.29, 1.82) is 0 Å². The van der Waals surface area contributed by atoms with Gasteiger partial charge in [-0.25, -0.2) is 0 Å². The third-order valence-electron chi connectivity index (χ3n) is 3.57. The molecule has 2 N–H and O–H groups in total. The molecule has 0 fully saturated rings. The third kappa shape index (κ3) is 3.95. The van der Waals surface area contributed by atoms with Crippen molar-refractivity contribution in [3.05, 3.63) is 70.8 Å². The predicted octanol–water partition coefficient (Wildman–Crippen LogP) is 2.32. The van der Waals surface area contributed by atoms with Crippen LogP contribution in [0.5, 0.6) is 0 Å². The number of nitrogens with zero attached hydrogens (tertiary/aromatic N) is 1. The fraction of sp³-hybridized carbons (Fsp3) is 0.222. The number of hydrogen-bond donors (Lipinski definition) is 1. The number of carbonyl (C=O) groups is 2. The van der Waals surface area contributed by atoms with E-state index in [1.54, 1.807) is 0 Å². The maximum absolute atomic E-state index is 12.1. The quantitative estimate of drug-likeness (QED) is 0.880. The predicted molar refractivity (Wildman–Crippen MR) is 85.8 cm³/mol. The van der Waals surface area contributed by atoms with Gasteiger partial charge >= 0.3 is 11.8 Å². The van der Waals surface area contributed by atoms with Crippen LogP contribution < -0.4 is 5.73 Å². The van der Waals surface area contributed by atoms with Gasteiger partial charge in [-0.05, 0) is 30.5 Å². The standard InChI is InChI=1S/C18H20N2O2/c1-13-8-9-16(14(2)10-13)12-20(18(22)17(19)21)11-15-6-4-3-5-7-15/h3-10H,11-12H2,1-2H3,(H2,19,21). The maximum atomic E-state index is 12.1. The van der Waals surface area contributed by atoms with Crippen molar-refractivity contribution in [3.8, 4) is 0 Å². The largest absolute Gasteiger partial charge is 0.361 e. The Morgan fingerprint density at radius 3 is 2.27 bits per heavy atom. The van der Waals surface area contributed by atoms with E-state index in [4.69, 9.17) is 5.73 Å². The van der Waals surface area contributed by atoms with Gasteiger partial charge in [-0.1, -0.05) is 54.1 Å².